The molecule has 0 aliphatic heterocycles. The third kappa shape index (κ3) is 2.99. The zero-order chi connectivity index (χ0) is 12.2. The number of methoxy groups -OCH3 is 1. The van der Waals surface area contributed by atoms with Crippen molar-refractivity contribution in [3.05, 3.63) is 28.2 Å². The van der Waals surface area contributed by atoms with E-state index in [-0.39, 0.29) is 5.41 Å². The van der Waals surface area contributed by atoms with Gasteiger partial charge < -0.3 is 4.74 Å². The molecule has 0 aromatic heterocycles. The summed E-state index contributed by atoms with van der Waals surface area (Å²) < 4.78 is 6.32. The van der Waals surface area contributed by atoms with Crippen LogP contribution in [-0.4, -0.2) is 7.11 Å². The Morgan fingerprint density at radius 2 is 2.19 bits per heavy atom. The first-order chi connectivity index (χ1) is 7.54. The topological polar surface area (TPSA) is 33.0 Å². The zero-order valence-corrected chi connectivity index (χ0v) is 11.5. The van der Waals surface area contributed by atoms with E-state index in [2.05, 4.69) is 22.0 Å². The van der Waals surface area contributed by atoms with Gasteiger partial charge in [0.25, 0.3) is 0 Å². The molecule has 0 spiro atoms. The first-order valence-electron chi connectivity index (χ1n) is 5.28. The van der Waals surface area contributed by atoms with Crippen LogP contribution < -0.4 is 4.74 Å². The molecule has 1 rings (SSSR count). The SMILES string of the molecule is CCC(C)(C#N)Cc1cc(Br)ccc1OC. The van der Waals surface area contributed by atoms with Gasteiger partial charge in [-0.2, -0.15) is 5.26 Å². The molecule has 0 aliphatic carbocycles. The Hall–Kier alpha value is -1.01. The van der Waals surface area contributed by atoms with Crippen molar-refractivity contribution in [2.75, 3.05) is 7.11 Å². The highest BCUT2D eigenvalue weighted by molar-refractivity contribution is 9.10. The Labute approximate surface area is 105 Å². The van der Waals surface area contributed by atoms with E-state index in [1.54, 1.807) is 7.11 Å². The first kappa shape index (κ1) is 13.1. The summed E-state index contributed by atoms with van der Waals surface area (Å²) in [4.78, 5) is 0. The largest absolute Gasteiger partial charge is 0.496 e. The molecule has 0 heterocycles. The molecule has 1 aromatic rings. The summed E-state index contributed by atoms with van der Waals surface area (Å²) >= 11 is 3.44. The zero-order valence-electron chi connectivity index (χ0n) is 9.88. The maximum Gasteiger partial charge on any atom is 0.122 e. The van der Waals surface area contributed by atoms with E-state index >= 15 is 0 Å². The Morgan fingerprint density at radius 1 is 1.50 bits per heavy atom. The second-order valence-electron chi connectivity index (χ2n) is 4.16. The molecule has 0 aliphatic rings. The Morgan fingerprint density at radius 3 is 2.69 bits per heavy atom. The first-order valence-corrected chi connectivity index (χ1v) is 6.07. The van der Waals surface area contributed by atoms with Gasteiger partial charge >= 0.3 is 0 Å². The minimum absolute atomic E-state index is 0.325. The average molecular weight is 282 g/mol. The summed E-state index contributed by atoms with van der Waals surface area (Å²) in [5.74, 6) is 0.845. The Kier molecular flexibility index (Phi) is 4.37. The van der Waals surface area contributed by atoms with Crippen molar-refractivity contribution in [2.45, 2.75) is 26.7 Å². The summed E-state index contributed by atoms with van der Waals surface area (Å²) in [6, 6.07) is 8.26. The van der Waals surface area contributed by atoms with Crippen molar-refractivity contribution in [3.63, 3.8) is 0 Å². The average Bonchev–Trinajstić information content (AvgIpc) is 2.29. The van der Waals surface area contributed by atoms with E-state index < -0.39 is 0 Å². The van der Waals surface area contributed by atoms with Crippen molar-refractivity contribution in [1.29, 1.82) is 5.26 Å². The Bertz CT molecular complexity index is 411. The van der Waals surface area contributed by atoms with Crippen LogP contribution in [0.2, 0.25) is 0 Å². The van der Waals surface area contributed by atoms with Crippen LogP contribution in [-0.2, 0) is 6.42 Å². The molecule has 1 aromatic carbocycles. The number of ether oxygens (including phenoxy) is 1. The van der Waals surface area contributed by atoms with E-state index in [0.717, 1.165) is 22.2 Å². The molecule has 0 saturated carbocycles. The van der Waals surface area contributed by atoms with Crippen LogP contribution in [0.25, 0.3) is 0 Å². The Balaban J connectivity index is 3.04. The molecule has 2 nitrogen and oxygen atoms in total. The molecule has 0 radical (unpaired) electrons. The van der Waals surface area contributed by atoms with Crippen molar-refractivity contribution in [1.82, 2.24) is 0 Å². The van der Waals surface area contributed by atoms with Crippen LogP contribution in [0.1, 0.15) is 25.8 Å². The quantitative estimate of drug-likeness (QED) is 0.838. The molecule has 86 valence electrons. The van der Waals surface area contributed by atoms with Crippen molar-refractivity contribution >= 4 is 15.9 Å². The van der Waals surface area contributed by atoms with Crippen LogP contribution in [0.4, 0.5) is 0 Å². The fraction of sp³-hybridized carbons (Fsp3) is 0.462. The number of benzene rings is 1. The van der Waals surface area contributed by atoms with Crippen LogP contribution in [0.3, 0.4) is 0 Å². The summed E-state index contributed by atoms with van der Waals surface area (Å²) in [6.45, 7) is 4.01. The highest BCUT2D eigenvalue weighted by Gasteiger charge is 2.23. The lowest BCUT2D eigenvalue weighted by Gasteiger charge is -2.20. The smallest absolute Gasteiger partial charge is 0.122 e. The molecule has 1 unspecified atom stereocenters. The third-order valence-electron chi connectivity index (χ3n) is 2.87. The second kappa shape index (κ2) is 5.36. The predicted octanol–water partition coefficient (Wildman–Crippen LogP) is 3.94. The maximum atomic E-state index is 9.18. The van der Waals surface area contributed by atoms with Gasteiger partial charge in [0, 0.05) is 4.47 Å². The van der Waals surface area contributed by atoms with Gasteiger partial charge in [0.05, 0.1) is 18.6 Å². The number of halogens is 1. The molecule has 16 heavy (non-hydrogen) atoms. The van der Waals surface area contributed by atoms with Crippen LogP contribution in [0.5, 0.6) is 5.75 Å². The van der Waals surface area contributed by atoms with E-state index in [1.165, 1.54) is 0 Å². The normalized spacial score (nSPS) is 13.9. The lowest BCUT2D eigenvalue weighted by molar-refractivity contribution is 0.385. The lowest BCUT2D eigenvalue weighted by Crippen LogP contribution is -2.16. The monoisotopic (exact) mass is 281 g/mol. The van der Waals surface area contributed by atoms with Crippen molar-refractivity contribution in [3.8, 4) is 11.8 Å². The highest BCUT2D eigenvalue weighted by atomic mass is 79.9. The van der Waals surface area contributed by atoms with Crippen molar-refractivity contribution < 1.29 is 4.74 Å². The maximum absolute atomic E-state index is 9.18. The van der Waals surface area contributed by atoms with E-state index in [1.807, 2.05) is 32.0 Å². The third-order valence-corrected chi connectivity index (χ3v) is 3.37. The summed E-state index contributed by atoms with van der Waals surface area (Å²) in [7, 11) is 1.66. The van der Waals surface area contributed by atoms with E-state index in [0.29, 0.717) is 6.42 Å². The van der Waals surface area contributed by atoms with Gasteiger partial charge in [-0.25, -0.2) is 0 Å². The predicted molar refractivity (Wildman–Crippen MR) is 68.4 cm³/mol. The van der Waals surface area contributed by atoms with Gasteiger partial charge in [-0.15, -0.1) is 0 Å². The van der Waals surface area contributed by atoms with Gasteiger partial charge in [0.1, 0.15) is 5.75 Å². The summed E-state index contributed by atoms with van der Waals surface area (Å²) in [5, 5.41) is 9.18. The summed E-state index contributed by atoms with van der Waals surface area (Å²) in [6.07, 6.45) is 1.54. The molecule has 3 heteroatoms. The van der Waals surface area contributed by atoms with Gasteiger partial charge in [0.15, 0.2) is 0 Å². The molecule has 0 saturated heterocycles. The number of hydrogen-bond donors (Lipinski definition) is 0. The second-order valence-corrected chi connectivity index (χ2v) is 5.07. The van der Waals surface area contributed by atoms with Gasteiger partial charge in [-0.05, 0) is 43.5 Å². The fourth-order valence-corrected chi connectivity index (χ4v) is 1.96. The van der Waals surface area contributed by atoms with Gasteiger partial charge in [-0.3, -0.25) is 0 Å². The molecule has 0 amide bonds. The number of nitriles is 1. The van der Waals surface area contributed by atoms with Crippen molar-refractivity contribution in [2.24, 2.45) is 5.41 Å². The standard InChI is InChI=1S/C13H16BrNO/c1-4-13(2,9-15)8-10-7-11(14)5-6-12(10)16-3/h5-7H,4,8H2,1-3H3. The minimum Gasteiger partial charge on any atom is -0.496 e. The molecule has 0 N–H and O–H groups in total. The van der Waals surface area contributed by atoms with Crippen LogP contribution >= 0.6 is 15.9 Å². The number of rotatable bonds is 4. The number of hydrogen-bond acceptors (Lipinski definition) is 2. The molecular formula is C13H16BrNO. The van der Waals surface area contributed by atoms with Crippen LogP contribution in [0.15, 0.2) is 22.7 Å². The highest BCUT2D eigenvalue weighted by Crippen LogP contribution is 2.31. The summed E-state index contributed by atoms with van der Waals surface area (Å²) in [5.41, 5.74) is 0.747. The molecule has 0 fully saturated rings. The minimum atomic E-state index is -0.325. The fourth-order valence-electron chi connectivity index (χ4n) is 1.55. The number of nitrogens with zero attached hydrogens (tertiary/aromatic N) is 1. The lowest BCUT2D eigenvalue weighted by atomic mass is 9.82. The van der Waals surface area contributed by atoms with E-state index in [4.69, 9.17) is 4.74 Å². The van der Waals surface area contributed by atoms with E-state index in [9.17, 15) is 5.26 Å². The molecular weight excluding hydrogens is 266 g/mol. The van der Waals surface area contributed by atoms with Gasteiger partial charge in [-0.1, -0.05) is 22.9 Å². The van der Waals surface area contributed by atoms with Crippen LogP contribution in [0, 0.1) is 16.7 Å². The molecule has 1 atom stereocenters. The van der Waals surface area contributed by atoms with Gasteiger partial charge in [0.2, 0.25) is 0 Å². The molecule has 0 bridgehead atoms.